The van der Waals surface area contributed by atoms with Gasteiger partial charge in [-0.3, -0.25) is 9.59 Å². The predicted octanol–water partition coefficient (Wildman–Crippen LogP) is 4.28. The van der Waals surface area contributed by atoms with Crippen LogP contribution in [0.1, 0.15) is 50.5 Å². The molecule has 3 N–H and O–H groups in total. The Bertz CT molecular complexity index is 1100. The van der Waals surface area contributed by atoms with Gasteiger partial charge < -0.3 is 11.2 Å². The molecule has 0 aliphatic rings. The molecule has 162 valence electrons. The van der Waals surface area contributed by atoms with Gasteiger partial charge in [-0.05, 0) is 37.0 Å². The lowest BCUT2D eigenvalue weighted by Gasteiger charge is -2.19. The topological polar surface area (TPSA) is 103 Å². The van der Waals surface area contributed by atoms with Crippen molar-refractivity contribution >= 4 is 29.1 Å². The summed E-state index contributed by atoms with van der Waals surface area (Å²) in [5, 5.41) is 11.1. The first kappa shape index (κ1) is 22.6. The van der Waals surface area contributed by atoms with E-state index in [9.17, 15) is 9.59 Å². The summed E-state index contributed by atoms with van der Waals surface area (Å²) in [5.74, 6) is 6.38. The van der Waals surface area contributed by atoms with Crippen molar-refractivity contribution in [2.45, 2.75) is 50.4 Å². The van der Waals surface area contributed by atoms with Crippen molar-refractivity contribution in [3.05, 3.63) is 59.7 Å². The van der Waals surface area contributed by atoms with Crippen LogP contribution in [0.25, 0.3) is 11.4 Å². The maximum absolute atomic E-state index is 12.7. The Morgan fingerprint density at radius 1 is 1.06 bits per heavy atom. The molecule has 0 saturated heterocycles. The zero-order valence-corrected chi connectivity index (χ0v) is 19.2. The minimum Gasteiger partial charge on any atom is -0.335 e. The van der Waals surface area contributed by atoms with Crippen LogP contribution in [0, 0.1) is 0 Å². The van der Waals surface area contributed by atoms with E-state index in [-0.39, 0.29) is 17.1 Å². The number of amides is 1. The van der Waals surface area contributed by atoms with Crippen molar-refractivity contribution in [2.75, 3.05) is 11.2 Å². The molecule has 0 spiro atoms. The van der Waals surface area contributed by atoms with Crippen molar-refractivity contribution in [3.8, 4) is 11.4 Å². The predicted molar refractivity (Wildman–Crippen MR) is 125 cm³/mol. The summed E-state index contributed by atoms with van der Waals surface area (Å²) >= 11 is 1.20. The number of benzene rings is 2. The molecule has 7 nitrogen and oxygen atoms in total. The maximum Gasteiger partial charge on any atom is 0.237 e. The normalized spacial score (nSPS) is 12.4. The summed E-state index contributed by atoms with van der Waals surface area (Å²) in [6, 6.07) is 15.0. The van der Waals surface area contributed by atoms with Crippen LogP contribution in [0.5, 0.6) is 0 Å². The third-order valence-electron chi connectivity index (χ3n) is 4.89. The Kier molecular flexibility index (Phi) is 6.50. The molecule has 1 atom stereocenters. The summed E-state index contributed by atoms with van der Waals surface area (Å²) in [6.45, 7) is 9.69. The van der Waals surface area contributed by atoms with E-state index in [1.165, 1.54) is 28.9 Å². The van der Waals surface area contributed by atoms with Crippen LogP contribution in [0.3, 0.4) is 0 Å². The van der Waals surface area contributed by atoms with Crippen LogP contribution in [-0.2, 0) is 10.2 Å². The monoisotopic (exact) mass is 437 g/mol. The molecule has 0 aliphatic heterocycles. The van der Waals surface area contributed by atoms with E-state index in [2.05, 4.69) is 48.4 Å². The molecule has 0 radical (unpaired) electrons. The van der Waals surface area contributed by atoms with Crippen molar-refractivity contribution in [1.29, 1.82) is 0 Å². The van der Waals surface area contributed by atoms with E-state index in [1.54, 1.807) is 31.2 Å². The highest BCUT2D eigenvalue weighted by molar-refractivity contribution is 8.00. The zero-order chi connectivity index (χ0) is 22.8. The first-order valence-corrected chi connectivity index (χ1v) is 10.8. The smallest absolute Gasteiger partial charge is 0.237 e. The second-order valence-electron chi connectivity index (χ2n) is 8.35. The van der Waals surface area contributed by atoms with E-state index in [0.717, 1.165) is 5.56 Å². The summed E-state index contributed by atoms with van der Waals surface area (Å²) in [7, 11) is 0. The van der Waals surface area contributed by atoms with Crippen molar-refractivity contribution < 1.29 is 9.59 Å². The summed E-state index contributed by atoms with van der Waals surface area (Å²) in [6.07, 6.45) is 0. The quantitative estimate of drug-likeness (QED) is 0.339. The highest BCUT2D eigenvalue weighted by atomic mass is 32.2. The highest BCUT2D eigenvalue weighted by Gasteiger charge is 2.21. The Morgan fingerprint density at radius 3 is 2.32 bits per heavy atom. The largest absolute Gasteiger partial charge is 0.335 e. The van der Waals surface area contributed by atoms with E-state index in [0.29, 0.717) is 22.2 Å². The van der Waals surface area contributed by atoms with Gasteiger partial charge in [-0.1, -0.05) is 68.9 Å². The number of rotatable bonds is 6. The van der Waals surface area contributed by atoms with Crippen LogP contribution in [-0.4, -0.2) is 31.8 Å². The molecule has 8 heteroatoms. The van der Waals surface area contributed by atoms with Gasteiger partial charge in [0.1, 0.15) is 0 Å². The molecule has 1 unspecified atom stereocenters. The number of nitrogens with zero attached hydrogens (tertiary/aromatic N) is 3. The van der Waals surface area contributed by atoms with Crippen molar-refractivity contribution in [2.24, 2.45) is 0 Å². The fourth-order valence-corrected chi connectivity index (χ4v) is 3.79. The van der Waals surface area contributed by atoms with Gasteiger partial charge >= 0.3 is 0 Å². The number of hydrogen-bond acceptors (Lipinski definition) is 6. The molecular formula is C23H27N5O2S. The number of carbonyl (C=O) groups is 2. The summed E-state index contributed by atoms with van der Waals surface area (Å²) in [5.41, 5.74) is 3.07. The second-order valence-corrected chi connectivity index (χ2v) is 9.66. The molecule has 3 rings (SSSR count). The van der Waals surface area contributed by atoms with Crippen LogP contribution in [0.15, 0.2) is 53.7 Å². The minimum atomic E-state index is -0.498. The van der Waals surface area contributed by atoms with Crippen LogP contribution in [0.4, 0.5) is 5.69 Å². The minimum absolute atomic E-state index is 0.0553. The first-order valence-electron chi connectivity index (χ1n) is 9.97. The van der Waals surface area contributed by atoms with Gasteiger partial charge in [0.05, 0.1) is 10.9 Å². The molecule has 31 heavy (non-hydrogen) atoms. The molecule has 0 fully saturated rings. The fourth-order valence-electron chi connectivity index (χ4n) is 3.02. The molecule has 0 aliphatic carbocycles. The average Bonchev–Trinajstić information content (AvgIpc) is 3.07. The molecule has 3 aromatic rings. The van der Waals surface area contributed by atoms with Gasteiger partial charge in [0.25, 0.3) is 0 Å². The number of anilines is 1. The van der Waals surface area contributed by atoms with Crippen molar-refractivity contribution in [1.82, 2.24) is 14.9 Å². The van der Waals surface area contributed by atoms with Gasteiger partial charge in [0.15, 0.2) is 11.6 Å². The number of nitrogen functional groups attached to an aromatic ring is 1. The van der Waals surface area contributed by atoms with Gasteiger partial charge in [-0.25, -0.2) is 4.68 Å². The number of para-hydroxylation sites is 1. The number of Topliss-reactive ketones (excluding diaryl/α,β-unsaturated/α-hetero) is 1. The highest BCUT2D eigenvalue weighted by Crippen LogP contribution is 2.28. The molecule has 0 bridgehead atoms. The number of aromatic nitrogens is 3. The van der Waals surface area contributed by atoms with Crippen LogP contribution >= 0.6 is 11.8 Å². The standard InChI is InChI=1S/C23H27N5O2S/c1-14(29)18-8-6-7-9-19(18)25-21(30)15(2)31-22-27-26-20(28(22)24)16-10-12-17(13-11-16)23(3,4)5/h6-13,15H,24H2,1-5H3,(H,25,30). The van der Waals surface area contributed by atoms with E-state index >= 15 is 0 Å². The molecular weight excluding hydrogens is 410 g/mol. The number of ketones is 1. The number of carbonyl (C=O) groups excluding carboxylic acids is 2. The molecule has 1 aromatic heterocycles. The molecule has 2 aromatic carbocycles. The Morgan fingerprint density at radius 2 is 1.71 bits per heavy atom. The van der Waals surface area contributed by atoms with E-state index in [4.69, 9.17) is 5.84 Å². The van der Waals surface area contributed by atoms with Gasteiger partial charge in [-0.2, -0.15) is 0 Å². The maximum atomic E-state index is 12.7. The molecule has 1 heterocycles. The Hall–Kier alpha value is -3.13. The molecule has 0 saturated carbocycles. The van der Waals surface area contributed by atoms with Crippen LogP contribution in [0.2, 0.25) is 0 Å². The lowest BCUT2D eigenvalue weighted by atomic mass is 9.87. The number of nitrogens with one attached hydrogen (secondary N) is 1. The van der Waals surface area contributed by atoms with Gasteiger partial charge in [-0.15, -0.1) is 10.2 Å². The second kappa shape index (κ2) is 8.93. The number of nitrogens with two attached hydrogens (primary N) is 1. The first-order chi connectivity index (χ1) is 14.6. The van der Waals surface area contributed by atoms with Gasteiger partial charge in [0, 0.05) is 11.1 Å². The number of thioether (sulfide) groups is 1. The average molecular weight is 438 g/mol. The third-order valence-corrected chi connectivity index (χ3v) is 5.95. The SMILES string of the molecule is CC(=O)c1ccccc1NC(=O)C(C)Sc1nnc(-c2ccc(C(C)(C)C)cc2)n1N. The fraction of sp³-hybridized carbons (Fsp3) is 0.304. The zero-order valence-electron chi connectivity index (χ0n) is 18.3. The Balaban J connectivity index is 1.73. The Labute approximate surface area is 186 Å². The summed E-state index contributed by atoms with van der Waals surface area (Å²) < 4.78 is 1.39. The van der Waals surface area contributed by atoms with Crippen LogP contribution < -0.4 is 11.2 Å². The van der Waals surface area contributed by atoms with Gasteiger partial charge in [0.2, 0.25) is 11.1 Å². The van der Waals surface area contributed by atoms with E-state index < -0.39 is 5.25 Å². The lowest BCUT2D eigenvalue weighted by molar-refractivity contribution is -0.115. The summed E-state index contributed by atoms with van der Waals surface area (Å²) in [4.78, 5) is 24.4. The third kappa shape index (κ3) is 5.14. The van der Waals surface area contributed by atoms with Crippen molar-refractivity contribution in [3.63, 3.8) is 0 Å². The lowest BCUT2D eigenvalue weighted by Crippen LogP contribution is -2.24. The van der Waals surface area contributed by atoms with E-state index in [1.807, 2.05) is 12.1 Å². The number of hydrogen-bond donors (Lipinski definition) is 2. The molecule has 1 amide bonds.